The summed E-state index contributed by atoms with van der Waals surface area (Å²) < 4.78 is 5.56. The van der Waals surface area contributed by atoms with E-state index in [1.807, 2.05) is 6.07 Å². The van der Waals surface area contributed by atoms with Crippen molar-refractivity contribution in [3.05, 3.63) is 18.6 Å². The van der Waals surface area contributed by atoms with Crippen molar-refractivity contribution in [2.75, 3.05) is 19.7 Å². The van der Waals surface area contributed by atoms with Gasteiger partial charge in [0.2, 0.25) is 0 Å². The number of thioether (sulfide) groups is 1. The van der Waals surface area contributed by atoms with Gasteiger partial charge in [-0.1, -0.05) is 6.92 Å². The Hall–Kier alpha value is -0.650. The minimum Gasteiger partial charge on any atom is -0.377 e. The summed E-state index contributed by atoms with van der Waals surface area (Å²) in [5, 5.41) is 5.00. The van der Waals surface area contributed by atoms with E-state index < -0.39 is 0 Å². The third kappa shape index (κ3) is 4.61. The number of nitrogens with zero attached hydrogens (tertiary/aromatic N) is 2. The fraction of sp³-hybridized carbons (Fsp3) is 0.667. The maximum absolute atomic E-state index is 5.56. The molecule has 2 heterocycles. The first-order valence-corrected chi connectivity index (χ1v) is 6.97. The Labute approximate surface area is 107 Å². The monoisotopic (exact) mass is 253 g/mol. The highest BCUT2D eigenvalue weighted by molar-refractivity contribution is 7.99. The molecule has 0 bridgehead atoms. The Morgan fingerprint density at radius 2 is 2.59 bits per heavy atom. The third-order valence-electron chi connectivity index (χ3n) is 2.70. The molecule has 1 aliphatic rings. The van der Waals surface area contributed by atoms with Crippen LogP contribution in [0, 0.1) is 0 Å². The van der Waals surface area contributed by atoms with E-state index in [0.717, 1.165) is 24.7 Å². The summed E-state index contributed by atoms with van der Waals surface area (Å²) in [6, 6.07) is 1.95. The zero-order valence-corrected chi connectivity index (χ0v) is 10.9. The molecule has 1 aromatic rings. The van der Waals surface area contributed by atoms with E-state index >= 15 is 0 Å². The molecule has 4 nitrogen and oxygen atoms in total. The molecule has 17 heavy (non-hydrogen) atoms. The van der Waals surface area contributed by atoms with E-state index in [9.17, 15) is 0 Å². The average molecular weight is 253 g/mol. The van der Waals surface area contributed by atoms with Crippen LogP contribution in [0.2, 0.25) is 0 Å². The van der Waals surface area contributed by atoms with Crippen LogP contribution in [0.4, 0.5) is 0 Å². The lowest BCUT2D eigenvalue weighted by Gasteiger charge is -2.14. The first-order valence-electron chi connectivity index (χ1n) is 6.09. The molecule has 1 saturated heterocycles. The van der Waals surface area contributed by atoms with Gasteiger partial charge in [-0.3, -0.25) is 0 Å². The van der Waals surface area contributed by atoms with Crippen molar-refractivity contribution in [2.45, 2.75) is 36.1 Å². The quantitative estimate of drug-likeness (QED) is 0.618. The molecule has 1 N–H and O–H groups in total. The van der Waals surface area contributed by atoms with Gasteiger partial charge in [0.05, 0.1) is 11.1 Å². The van der Waals surface area contributed by atoms with Crippen molar-refractivity contribution >= 4 is 11.8 Å². The van der Waals surface area contributed by atoms with Crippen LogP contribution in [0.15, 0.2) is 23.6 Å². The second kappa shape index (κ2) is 6.93. The topological polar surface area (TPSA) is 47.0 Å². The van der Waals surface area contributed by atoms with Gasteiger partial charge < -0.3 is 10.1 Å². The predicted octanol–water partition coefficient (Wildman–Crippen LogP) is 1.73. The first kappa shape index (κ1) is 12.8. The van der Waals surface area contributed by atoms with Crippen LogP contribution in [0.3, 0.4) is 0 Å². The number of nitrogens with one attached hydrogen (secondary N) is 1. The van der Waals surface area contributed by atoms with Gasteiger partial charge in [-0.15, -0.1) is 11.8 Å². The molecule has 2 rings (SSSR count). The van der Waals surface area contributed by atoms with Crippen LogP contribution < -0.4 is 5.32 Å². The molecule has 0 saturated carbocycles. The maximum atomic E-state index is 5.56. The summed E-state index contributed by atoms with van der Waals surface area (Å²) in [4.78, 5) is 8.11. The van der Waals surface area contributed by atoms with E-state index in [1.54, 1.807) is 24.3 Å². The fourth-order valence-electron chi connectivity index (χ4n) is 1.85. The van der Waals surface area contributed by atoms with Crippen molar-refractivity contribution in [1.29, 1.82) is 0 Å². The van der Waals surface area contributed by atoms with E-state index in [1.165, 1.54) is 12.8 Å². The Kier molecular flexibility index (Phi) is 5.22. The summed E-state index contributed by atoms with van der Waals surface area (Å²) in [6.45, 7) is 5.08. The molecule has 0 aromatic carbocycles. The van der Waals surface area contributed by atoms with E-state index in [2.05, 4.69) is 22.2 Å². The van der Waals surface area contributed by atoms with Crippen LogP contribution >= 0.6 is 11.8 Å². The van der Waals surface area contributed by atoms with Crippen LogP contribution in [-0.2, 0) is 4.74 Å². The molecular formula is C12H19N3OS. The highest BCUT2D eigenvalue weighted by Gasteiger charge is 2.15. The Morgan fingerprint density at radius 1 is 1.65 bits per heavy atom. The lowest BCUT2D eigenvalue weighted by molar-refractivity contribution is 0.110. The number of hydrogen-bond donors (Lipinski definition) is 1. The first-order chi connectivity index (χ1) is 8.34. The minimum absolute atomic E-state index is 0.422. The second-order valence-electron chi connectivity index (χ2n) is 4.27. The fourth-order valence-corrected chi connectivity index (χ4v) is 2.71. The van der Waals surface area contributed by atoms with Gasteiger partial charge in [-0.05, 0) is 18.9 Å². The van der Waals surface area contributed by atoms with E-state index in [4.69, 9.17) is 4.74 Å². The number of ether oxygens (including phenoxy) is 1. The third-order valence-corrected chi connectivity index (χ3v) is 3.76. The normalized spacial score (nSPS) is 21.6. The van der Waals surface area contributed by atoms with Gasteiger partial charge in [-0.2, -0.15) is 0 Å². The van der Waals surface area contributed by atoms with Crippen molar-refractivity contribution in [2.24, 2.45) is 0 Å². The van der Waals surface area contributed by atoms with Gasteiger partial charge in [0.1, 0.15) is 6.33 Å². The summed E-state index contributed by atoms with van der Waals surface area (Å²) >= 11 is 1.77. The molecular weight excluding hydrogens is 234 g/mol. The summed E-state index contributed by atoms with van der Waals surface area (Å²) in [5.74, 6) is 0. The summed E-state index contributed by atoms with van der Waals surface area (Å²) in [5.41, 5.74) is 0. The zero-order chi connectivity index (χ0) is 11.9. The molecule has 5 heteroatoms. The van der Waals surface area contributed by atoms with Crippen molar-refractivity contribution in [1.82, 2.24) is 15.3 Å². The molecule has 94 valence electrons. The predicted molar refractivity (Wildman–Crippen MR) is 69.2 cm³/mol. The molecule has 0 aliphatic carbocycles. The number of rotatable bonds is 6. The minimum atomic E-state index is 0.422. The van der Waals surface area contributed by atoms with Gasteiger partial charge in [-0.25, -0.2) is 9.97 Å². The molecule has 1 aliphatic heterocycles. The van der Waals surface area contributed by atoms with E-state index in [-0.39, 0.29) is 0 Å². The van der Waals surface area contributed by atoms with Crippen LogP contribution in [0.25, 0.3) is 0 Å². The SMILES string of the molecule is CC(CNCC1CCCO1)Sc1ccncn1. The number of hydrogen-bond acceptors (Lipinski definition) is 5. The molecule has 0 amide bonds. The lowest BCUT2D eigenvalue weighted by Crippen LogP contribution is -2.30. The van der Waals surface area contributed by atoms with Gasteiger partial charge in [0.15, 0.2) is 0 Å². The highest BCUT2D eigenvalue weighted by Crippen LogP contribution is 2.19. The molecule has 2 unspecified atom stereocenters. The van der Waals surface area contributed by atoms with Crippen LogP contribution in [0.5, 0.6) is 0 Å². The Morgan fingerprint density at radius 3 is 3.29 bits per heavy atom. The highest BCUT2D eigenvalue weighted by atomic mass is 32.2. The molecule has 0 spiro atoms. The summed E-state index contributed by atoms with van der Waals surface area (Å²) in [6.07, 6.45) is 6.19. The molecule has 1 fully saturated rings. The molecule has 2 atom stereocenters. The molecule has 1 aromatic heterocycles. The maximum Gasteiger partial charge on any atom is 0.116 e. The lowest BCUT2D eigenvalue weighted by atomic mass is 10.2. The summed E-state index contributed by atoms with van der Waals surface area (Å²) in [7, 11) is 0. The largest absolute Gasteiger partial charge is 0.377 e. The average Bonchev–Trinajstić information content (AvgIpc) is 2.83. The van der Waals surface area contributed by atoms with Crippen molar-refractivity contribution < 1.29 is 4.74 Å². The van der Waals surface area contributed by atoms with Crippen LogP contribution in [-0.4, -0.2) is 41.0 Å². The zero-order valence-electron chi connectivity index (χ0n) is 10.1. The second-order valence-corrected chi connectivity index (χ2v) is 5.73. The Balaban J connectivity index is 1.62. The smallest absolute Gasteiger partial charge is 0.116 e. The van der Waals surface area contributed by atoms with Crippen molar-refractivity contribution in [3.8, 4) is 0 Å². The van der Waals surface area contributed by atoms with Crippen LogP contribution in [0.1, 0.15) is 19.8 Å². The Bertz CT molecular complexity index is 317. The standard InChI is InChI=1S/C12H19N3OS/c1-10(17-12-4-5-13-9-15-12)7-14-8-11-3-2-6-16-11/h4-5,9-11,14H,2-3,6-8H2,1H3. The van der Waals surface area contributed by atoms with E-state index in [0.29, 0.717) is 11.4 Å². The number of aromatic nitrogens is 2. The van der Waals surface area contributed by atoms with Gasteiger partial charge >= 0.3 is 0 Å². The van der Waals surface area contributed by atoms with Gasteiger partial charge in [0.25, 0.3) is 0 Å². The van der Waals surface area contributed by atoms with Gasteiger partial charge in [0, 0.05) is 31.1 Å². The molecule has 0 radical (unpaired) electrons. The van der Waals surface area contributed by atoms with Crippen molar-refractivity contribution in [3.63, 3.8) is 0 Å².